The van der Waals surface area contributed by atoms with E-state index in [0.29, 0.717) is 12.1 Å². The van der Waals surface area contributed by atoms with Crippen LogP contribution in [-0.4, -0.2) is 24.9 Å². The molecule has 5 rings (SSSR count). The van der Waals surface area contributed by atoms with Crippen molar-refractivity contribution in [2.75, 3.05) is 0 Å². The molecule has 0 N–H and O–H groups in total. The van der Waals surface area contributed by atoms with Crippen LogP contribution < -0.4 is 0 Å². The van der Waals surface area contributed by atoms with Crippen molar-refractivity contribution in [3.63, 3.8) is 0 Å². The Morgan fingerprint density at radius 2 is 1.57 bits per heavy atom. The lowest BCUT2D eigenvalue weighted by Crippen LogP contribution is -2.12. The summed E-state index contributed by atoms with van der Waals surface area (Å²) in [5.74, 6) is -2.22. The lowest BCUT2D eigenvalue weighted by Gasteiger charge is -2.14. The first-order valence-corrected chi connectivity index (χ1v) is 10.3. The Hall–Kier alpha value is -4.36. The molecule has 0 unspecified atom stereocenters. The van der Waals surface area contributed by atoms with E-state index in [1.165, 1.54) is 29.2 Å². The molecular weight excluding hydrogens is 514 g/mol. The van der Waals surface area contributed by atoms with Gasteiger partial charge in [-0.15, -0.1) is 0 Å². The smallest absolute Gasteiger partial charge is 0.359 e. The maximum atomic E-state index is 14.1. The summed E-state index contributed by atoms with van der Waals surface area (Å²) in [6.45, 7) is -0.137. The van der Waals surface area contributed by atoms with Crippen LogP contribution in [0.4, 0.5) is 35.1 Å². The zero-order valence-corrected chi connectivity index (χ0v) is 18.1. The quantitative estimate of drug-likeness (QED) is 0.252. The fraction of sp³-hybridized carbons (Fsp3) is 0.130. The third-order valence-corrected chi connectivity index (χ3v) is 5.31. The molecular formula is C23H11F8N5O. The van der Waals surface area contributed by atoms with Gasteiger partial charge in [0.1, 0.15) is 23.6 Å². The first-order chi connectivity index (χ1) is 17.4. The summed E-state index contributed by atoms with van der Waals surface area (Å²) < 4.78 is 113. The van der Waals surface area contributed by atoms with E-state index in [9.17, 15) is 35.1 Å². The van der Waals surface area contributed by atoms with Crippen LogP contribution in [0.3, 0.4) is 0 Å². The molecule has 2 aliphatic heterocycles. The van der Waals surface area contributed by atoms with E-state index in [0.717, 1.165) is 12.1 Å². The minimum atomic E-state index is -5.08. The Kier molecular flexibility index (Phi) is 5.68. The van der Waals surface area contributed by atoms with Crippen molar-refractivity contribution in [2.45, 2.75) is 18.9 Å². The second-order valence-corrected chi connectivity index (χ2v) is 7.82. The maximum Gasteiger partial charge on any atom is 0.417 e. The molecule has 190 valence electrons. The first kappa shape index (κ1) is 24.3. The highest BCUT2D eigenvalue weighted by molar-refractivity contribution is 5.66. The molecule has 6 nitrogen and oxygen atoms in total. The molecule has 0 spiro atoms. The van der Waals surface area contributed by atoms with Crippen molar-refractivity contribution < 1.29 is 39.6 Å². The summed E-state index contributed by atoms with van der Waals surface area (Å²) in [4.78, 5) is 8.28. The topological polar surface area (TPSA) is 69.6 Å². The Bertz CT molecular complexity index is 1570. The van der Waals surface area contributed by atoms with Gasteiger partial charge in [0.25, 0.3) is 0 Å². The number of nitrogens with zero attached hydrogens (tertiary/aromatic N) is 5. The first-order valence-electron chi connectivity index (χ1n) is 10.3. The van der Waals surface area contributed by atoms with Crippen LogP contribution in [0.2, 0.25) is 0 Å². The largest absolute Gasteiger partial charge is 0.417 e. The highest BCUT2D eigenvalue weighted by atomic mass is 19.4. The average molecular weight is 525 g/mol. The van der Waals surface area contributed by atoms with Gasteiger partial charge in [-0.25, -0.2) is 18.7 Å². The minimum Gasteiger partial charge on any atom is -0.359 e. The molecule has 3 aromatic rings. The summed E-state index contributed by atoms with van der Waals surface area (Å²) in [6.07, 6.45) is -7.35. The van der Waals surface area contributed by atoms with Gasteiger partial charge in [0.2, 0.25) is 0 Å². The van der Waals surface area contributed by atoms with Crippen LogP contribution >= 0.6 is 0 Å². The number of rotatable bonds is 4. The van der Waals surface area contributed by atoms with Crippen molar-refractivity contribution in [3.8, 4) is 34.0 Å². The predicted molar refractivity (Wildman–Crippen MR) is 111 cm³/mol. The van der Waals surface area contributed by atoms with Crippen LogP contribution in [0.5, 0.6) is 0 Å². The van der Waals surface area contributed by atoms with Crippen LogP contribution in [-0.2, 0) is 18.9 Å². The molecule has 0 amide bonds. The van der Waals surface area contributed by atoms with Crippen molar-refractivity contribution in [2.24, 2.45) is 0 Å². The third kappa shape index (κ3) is 4.73. The number of imidazole rings is 1. The van der Waals surface area contributed by atoms with Gasteiger partial charge in [-0.1, -0.05) is 17.3 Å². The van der Waals surface area contributed by atoms with Gasteiger partial charge in [-0.3, -0.25) is 4.68 Å². The molecule has 0 saturated carbocycles. The SMILES string of the molecule is Fc1cccc(-c2nc3cnn(Cc4cc(-c5ccc(C(F)(F)F)cc5C(F)(F)F)no4)cc-3n2)c1F. The maximum absolute atomic E-state index is 14.1. The normalized spacial score (nSPS) is 12.4. The van der Waals surface area contributed by atoms with Crippen molar-refractivity contribution >= 4 is 0 Å². The Balaban J connectivity index is 1.44. The second kappa shape index (κ2) is 8.64. The zero-order valence-electron chi connectivity index (χ0n) is 18.1. The molecule has 0 fully saturated rings. The monoisotopic (exact) mass is 525 g/mol. The Morgan fingerprint density at radius 1 is 0.811 bits per heavy atom. The van der Waals surface area contributed by atoms with Crippen LogP contribution in [0.25, 0.3) is 34.0 Å². The van der Waals surface area contributed by atoms with Gasteiger partial charge >= 0.3 is 12.4 Å². The molecule has 2 aliphatic rings. The van der Waals surface area contributed by atoms with Crippen molar-refractivity contribution in [1.82, 2.24) is 24.9 Å². The lowest BCUT2D eigenvalue weighted by atomic mass is 10.0. The van der Waals surface area contributed by atoms with Gasteiger partial charge < -0.3 is 4.52 Å². The van der Waals surface area contributed by atoms with Crippen molar-refractivity contribution in [1.29, 1.82) is 0 Å². The molecule has 3 heterocycles. The third-order valence-electron chi connectivity index (χ3n) is 5.31. The van der Waals surface area contributed by atoms with Gasteiger partial charge in [0, 0.05) is 11.6 Å². The molecule has 1 aromatic heterocycles. The molecule has 0 saturated heterocycles. The van der Waals surface area contributed by atoms with Crippen LogP contribution in [0, 0.1) is 11.6 Å². The molecule has 14 heteroatoms. The standard InChI is InChI=1S/C23H11F8N5O/c24-16-3-1-2-14(20(16)25)21-33-18-8-32-36(10-19(18)34-21)9-12-7-17(35-37-12)13-5-4-11(22(26,27)28)6-15(13)23(29,30)31/h1-8,10H,9H2. The molecule has 0 radical (unpaired) electrons. The van der Waals surface area contributed by atoms with Gasteiger partial charge in [0.15, 0.2) is 23.2 Å². The number of hydrogen-bond donors (Lipinski definition) is 0. The summed E-state index contributed by atoms with van der Waals surface area (Å²) in [5.41, 5.74) is -3.50. The van der Waals surface area contributed by atoms with E-state index in [2.05, 4.69) is 20.2 Å². The van der Waals surface area contributed by atoms with Gasteiger partial charge in [0.05, 0.1) is 29.1 Å². The van der Waals surface area contributed by atoms with E-state index in [-0.39, 0.29) is 46.8 Å². The summed E-state index contributed by atoms with van der Waals surface area (Å²) >= 11 is 0. The van der Waals surface area contributed by atoms with E-state index < -0.39 is 40.7 Å². The number of halogens is 8. The van der Waals surface area contributed by atoms with E-state index in [1.54, 1.807) is 0 Å². The molecule has 37 heavy (non-hydrogen) atoms. The fourth-order valence-corrected chi connectivity index (χ4v) is 3.60. The molecule has 2 aromatic carbocycles. The van der Waals surface area contributed by atoms with E-state index in [4.69, 9.17) is 4.52 Å². The number of alkyl halides is 6. The van der Waals surface area contributed by atoms with Gasteiger partial charge in [-0.05, 0) is 24.3 Å². The Morgan fingerprint density at radius 3 is 2.30 bits per heavy atom. The summed E-state index contributed by atoms with van der Waals surface area (Å²) in [7, 11) is 0. The molecule has 0 bridgehead atoms. The van der Waals surface area contributed by atoms with E-state index in [1.807, 2.05) is 0 Å². The highest BCUT2D eigenvalue weighted by Crippen LogP contribution is 2.40. The zero-order chi connectivity index (χ0) is 26.5. The minimum absolute atomic E-state index is 0.0149. The van der Waals surface area contributed by atoms with Crippen LogP contribution in [0.15, 0.2) is 59.4 Å². The molecule has 0 atom stereocenters. The lowest BCUT2D eigenvalue weighted by molar-refractivity contribution is -0.142. The van der Waals surface area contributed by atoms with Crippen LogP contribution in [0.1, 0.15) is 16.9 Å². The van der Waals surface area contributed by atoms with Gasteiger partial charge in [-0.2, -0.15) is 31.4 Å². The highest BCUT2D eigenvalue weighted by Gasteiger charge is 2.39. The summed E-state index contributed by atoms with van der Waals surface area (Å²) in [5, 5.41) is 7.65. The fourth-order valence-electron chi connectivity index (χ4n) is 3.60. The predicted octanol–water partition coefficient (Wildman–Crippen LogP) is 6.46. The number of fused-ring (bicyclic) bond motifs is 1. The number of hydrogen-bond acceptors (Lipinski definition) is 5. The Labute approximate surface area is 201 Å². The number of aromatic nitrogens is 5. The second-order valence-electron chi connectivity index (χ2n) is 7.82. The van der Waals surface area contributed by atoms with Crippen molar-refractivity contribution in [3.05, 3.63) is 83.4 Å². The average Bonchev–Trinajstić information content (AvgIpc) is 3.46. The summed E-state index contributed by atoms with van der Waals surface area (Å²) in [6, 6.07) is 5.91. The van der Waals surface area contributed by atoms with E-state index >= 15 is 0 Å². The number of benzene rings is 2. The molecule has 0 aliphatic carbocycles.